The highest BCUT2D eigenvalue weighted by molar-refractivity contribution is 5.70. The van der Waals surface area contributed by atoms with Gasteiger partial charge in [-0.15, -0.1) is 0 Å². The molecular weight excluding hydrogens is 278 g/mol. The van der Waals surface area contributed by atoms with Gasteiger partial charge in [-0.05, 0) is 58.8 Å². The molecule has 1 heterocycles. The molecule has 1 amide bonds. The van der Waals surface area contributed by atoms with Crippen molar-refractivity contribution in [2.24, 2.45) is 5.92 Å². The number of fused-ring (bicyclic) bond motifs is 1. The third-order valence-corrected chi connectivity index (χ3v) is 5.78. The summed E-state index contributed by atoms with van der Waals surface area (Å²) in [5.41, 5.74) is -1.17. The molecule has 3 fully saturated rings. The monoisotopic (exact) mass is 309 g/mol. The van der Waals surface area contributed by atoms with Crippen LogP contribution < -0.4 is 0 Å². The molecule has 22 heavy (non-hydrogen) atoms. The molecule has 3 atom stereocenters. The van der Waals surface area contributed by atoms with Crippen molar-refractivity contribution in [2.75, 3.05) is 0 Å². The summed E-state index contributed by atoms with van der Waals surface area (Å²) in [6.07, 6.45) is 9.25. The van der Waals surface area contributed by atoms with Crippen molar-refractivity contribution in [3.8, 4) is 0 Å². The molecule has 0 unspecified atom stereocenters. The quantitative estimate of drug-likeness (QED) is 0.800. The summed E-state index contributed by atoms with van der Waals surface area (Å²) in [4.78, 5) is 14.8. The summed E-state index contributed by atoms with van der Waals surface area (Å²) < 4.78 is 5.68. The van der Waals surface area contributed by atoms with E-state index in [1.54, 1.807) is 0 Å². The van der Waals surface area contributed by atoms with Gasteiger partial charge >= 0.3 is 6.09 Å². The first-order chi connectivity index (χ1) is 10.3. The standard InChI is InChI=1S/C18H31NO3/c1-17(2,3)22-16(20)19-14-9-5-4-8-13(14)12-15(19)18(21)10-6-7-11-18/h13-15,21H,4-12H2,1-3H3/t13-,14-,15-/m0/s1. The Morgan fingerprint density at radius 1 is 1.14 bits per heavy atom. The number of likely N-dealkylation sites (tertiary alicyclic amines) is 1. The molecule has 0 aromatic rings. The van der Waals surface area contributed by atoms with Crippen LogP contribution in [0.2, 0.25) is 0 Å². The maximum Gasteiger partial charge on any atom is 0.410 e. The van der Waals surface area contributed by atoms with Gasteiger partial charge in [-0.3, -0.25) is 4.90 Å². The van der Waals surface area contributed by atoms with Gasteiger partial charge in [0.2, 0.25) is 0 Å². The Hall–Kier alpha value is -0.770. The lowest BCUT2D eigenvalue weighted by atomic mass is 9.82. The molecule has 2 saturated carbocycles. The smallest absolute Gasteiger partial charge is 0.410 e. The molecule has 4 heteroatoms. The van der Waals surface area contributed by atoms with E-state index in [2.05, 4.69) is 0 Å². The minimum Gasteiger partial charge on any atom is -0.444 e. The van der Waals surface area contributed by atoms with Crippen LogP contribution in [0.25, 0.3) is 0 Å². The van der Waals surface area contributed by atoms with Crippen LogP contribution >= 0.6 is 0 Å². The molecule has 2 aliphatic carbocycles. The zero-order valence-electron chi connectivity index (χ0n) is 14.3. The topological polar surface area (TPSA) is 49.8 Å². The van der Waals surface area contributed by atoms with E-state index in [1.807, 2.05) is 25.7 Å². The average Bonchev–Trinajstić information content (AvgIpc) is 3.01. The van der Waals surface area contributed by atoms with Crippen LogP contribution in [0.5, 0.6) is 0 Å². The molecule has 1 saturated heterocycles. The van der Waals surface area contributed by atoms with Crippen LogP contribution in [0, 0.1) is 5.92 Å². The van der Waals surface area contributed by atoms with Gasteiger partial charge in [0, 0.05) is 6.04 Å². The molecule has 0 aromatic heterocycles. The molecule has 4 nitrogen and oxygen atoms in total. The number of amides is 1. The zero-order chi connectivity index (χ0) is 16.0. The molecule has 3 rings (SSSR count). The Labute approximate surface area is 134 Å². The Kier molecular flexibility index (Phi) is 4.17. The van der Waals surface area contributed by atoms with E-state index < -0.39 is 11.2 Å². The van der Waals surface area contributed by atoms with Crippen molar-refractivity contribution in [1.82, 2.24) is 4.90 Å². The molecular formula is C18H31NO3. The second kappa shape index (κ2) is 5.70. The molecule has 0 spiro atoms. The van der Waals surface area contributed by atoms with Gasteiger partial charge in [-0.1, -0.05) is 25.7 Å². The minimum absolute atomic E-state index is 0.0436. The number of aliphatic hydroxyl groups is 1. The number of ether oxygens (including phenoxy) is 1. The van der Waals surface area contributed by atoms with Gasteiger partial charge in [-0.2, -0.15) is 0 Å². The number of hydrogen-bond donors (Lipinski definition) is 1. The Morgan fingerprint density at radius 3 is 2.41 bits per heavy atom. The van der Waals surface area contributed by atoms with Gasteiger partial charge in [0.1, 0.15) is 5.60 Å². The van der Waals surface area contributed by atoms with Crippen LogP contribution in [0.15, 0.2) is 0 Å². The van der Waals surface area contributed by atoms with E-state index in [0.29, 0.717) is 5.92 Å². The number of nitrogens with zero attached hydrogens (tertiary/aromatic N) is 1. The second-order valence-electron chi connectivity index (χ2n) is 8.56. The highest BCUT2D eigenvalue weighted by atomic mass is 16.6. The zero-order valence-corrected chi connectivity index (χ0v) is 14.3. The number of carbonyl (C=O) groups is 1. The first kappa shape index (κ1) is 16.1. The summed E-state index contributed by atoms with van der Waals surface area (Å²) in [5, 5.41) is 11.1. The predicted octanol–water partition coefficient (Wildman–Crippen LogP) is 3.86. The van der Waals surface area contributed by atoms with Crippen LogP contribution in [-0.2, 0) is 4.74 Å². The van der Waals surface area contributed by atoms with Crippen molar-refractivity contribution in [3.05, 3.63) is 0 Å². The lowest BCUT2D eigenvalue weighted by Crippen LogP contribution is -2.54. The van der Waals surface area contributed by atoms with Crippen LogP contribution in [0.4, 0.5) is 4.79 Å². The fraction of sp³-hybridized carbons (Fsp3) is 0.944. The normalized spacial score (nSPS) is 34.5. The van der Waals surface area contributed by atoms with Crippen molar-refractivity contribution >= 4 is 6.09 Å². The van der Waals surface area contributed by atoms with Gasteiger partial charge in [-0.25, -0.2) is 4.79 Å². The Bertz CT molecular complexity index is 423. The summed E-state index contributed by atoms with van der Waals surface area (Å²) in [6.45, 7) is 5.75. The SMILES string of the molecule is CC(C)(C)OC(=O)N1[C@H](C2(O)CCCC2)C[C@@H]2CCCC[C@@H]21. The summed E-state index contributed by atoms with van der Waals surface area (Å²) in [5.74, 6) is 0.552. The van der Waals surface area contributed by atoms with Gasteiger partial charge in [0.25, 0.3) is 0 Å². The first-order valence-corrected chi connectivity index (χ1v) is 9.04. The highest BCUT2D eigenvalue weighted by Crippen LogP contribution is 2.47. The van der Waals surface area contributed by atoms with Crippen molar-refractivity contribution in [2.45, 2.75) is 102 Å². The fourth-order valence-electron chi connectivity index (χ4n) is 4.84. The van der Waals surface area contributed by atoms with Gasteiger partial charge in [0.15, 0.2) is 0 Å². The van der Waals surface area contributed by atoms with Gasteiger partial charge < -0.3 is 9.84 Å². The van der Waals surface area contributed by atoms with E-state index >= 15 is 0 Å². The van der Waals surface area contributed by atoms with Gasteiger partial charge in [0.05, 0.1) is 11.6 Å². The summed E-state index contributed by atoms with van der Waals surface area (Å²) >= 11 is 0. The molecule has 1 aliphatic heterocycles. The Morgan fingerprint density at radius 2 is 1.77 bits per heavy atom. The number of hydrogen-bond acceptors (Lipinski definition) is 3. The lowest BCUT2D eigenvalue weighted by Gasteiger charge is -2.40. The fourth-order valence-corrected chi connectivity index (χ4v) is 4.84. The Balaban J connectivity index is 1.84. The molecule has 3 aliphatic rings. The van der Waals surface area contributed by atoms with E-state index in [4.69, 9.17) is 4.74 Å². The summed E-state index contributed by atoms with van der Waals surface area (Å²) in [6, 6.07) is 0.233. The van der Waals surface area contributed by atoms with Crippen molar-refractivity contribution in [1.29, 1.82) is 0 Å². The summed E-state index contributed by atoms with van der Waals surface area (Å²) in [7, 11) is 0. The minimum atomic E-state index is -0.686. The number of carbonyl (C=O) groups excluding carboxylic acids is 1. The third-order valence-electron chi connectivity index (χ3n) is 5.78. The highest BCUT2D eigenvalue weighted by Gasteiger charge is 2.54. The molecule has 0 bridgehead atoms. The number of rotatable bonds is 1. The lowest BCUT2D eigenvalue weighted by molar-refractivity contribution is -0.0489. The van der Waals surface area contributed by atoms with Crippen LogP contribution in [-0.4, -0.2) is 39.4 Å². The molecule has 0 aromatic carbocycles. The van der Waals surface area contributed by atoms with Crippen LogP contribution in [0.3, 0.4) is 0 Å². The molecule has 1 N–H and O–H groups in total. The largest absolute Gasteiger partial charge is 0.444 e. The maximum atomic E-state index is 12.8. The average molecular weight is 309 g/mol. The predicted molar refractivity (Wildman–Crippen MR) is 85.6 cm³/mol. The first-order valence-electron chi connectivity index (χ1n) is 9.04. The van der Waals surface area contributed by atoms with E-state index in [9.17, 15) is 9.90 Å². The van der Waals surface area contributed by atoms with E-state index in [0.717, 1.165) is 38.5 Å². The molecule has 0 radical (unpaired) electrons. The maximum absolute atomic E-state index is 12.8. The van der Waals surface area contributed by atoms with Crippen LogP contribution in [0.1, 0.15) is 78.6 Å². The van der Waals surface area contributed by atoms with Crippen molar-refractivity contribution in [3.63, 3.8) is 0 Å². The van der Waals surface area contributed by atoms with Crippen molar-refractivity contribution < 1.29 is 14.6 Å². The second-order valence-corrected chi connectivity index (χ2v) is 8.56. The van der Waals surface area contributed by atoms with E-state index in [-0.39, 0.29) is 18.2 Å². The van der Waals surface area contributed by atoms with E-state index in [1.165, 1.54) is 19.3 Å². The molecule has 126 valence electrons. The third kappa shape index (κ3) is 2.99.